The van der Waals surface area contributed by atoms with Gasteiger partial charge in [0.25, 0.3) is 15.9 Å². The number of amides is 1. The average Bonchev–Trinajstić information content (AvgIpc) is 2.87. The quantitative estimate of drug-likeness (QED) is 0.454. The van der Waals surface area contributed by atoms with E-state index in [-0.39, 0.29) is 16.1 Å². The first-order valence-corrected chi connectivity index (χ1v) is 12.0. The van der Waals surface area contributed by atoms with Crippen LogP contribution in [0.2, 0.25) is 0 Å². The van der Waals surface area contributed by atoms with Crippen molar-refractivity contribution in [3.63, 3.8) is 0 Å². The van der Waals surface area contributed by atoms with Crippen molar-refractivity contribution < 1.29 is 37.0 Å². The fourth-order valence-electron chi connectivity index (χ4n) is 3.19. The number of hydrogen-bond donors (Lipinski definition) is 2. The first kappa shape index (κ1) is 23.9. The van der Waals surface area contributed by atoms with Crippen LogP contribution in [0.15, 0.2) is 71.6 Å². The van der Waals surface area contributed by atoms with Gasteiger partial charge in [-0.2, -0.15) is 0 Å². The van der Waals surface area contributed by atoms with Crippen LogP contribution in [0.1, 0.15) is 10.4 Å². The average molecular weight is 499 g/mol. The second-order valence-corrected chi connectivity index (χ2v) is 9.03. The third-order valence-electron chi connectivity index (χ3n) is 4.88. The van der Waals surface area contributed by atoms with Gasteiger partial charge in [0.05, 0.1) is 17.6 Å². The molecule has 0 aliphatic carbocycles. The topological polar surface area (TPSA) is 129 Å². The molecule has 0 unspecified atom stereocenters. The van der Waals surface area contributed by atoms with Crippen LogP contribution in [0.25, 0.3) is 0 Å². The van der Waals surface area contributed by atoms with Crippen LogP contribution in [-0.4, -0.2) is 47.2 Å². The molecule has 0 spiro atoms. The number of esters is 1. The molecule has 1 aliphatic rings. The van der Waals surface area contributed by atoms with Gasteiger partial charge in [0.2, 0.25) is 0 Å². The number of rotatable bonds is 8. The zero-order chi connectivity index (χ0) is 24.8. The number of hydrogen-bond acceptors (Lipinski definition) is 8. The van der Waals surface area contributed by atoms with Crippen molar-refractivity contribution in [2.75, 3.05) is 37.0 Å². The monoisotopic (exact) mass is 498 g/mol. The van der Waals surface area contributed by atoms with Crippen LogP contribution in [-0.2, 0) is 19.6 Å². The Hall–Kier alpha value is -4.25. The lowest BCUT2D eigenvalue weighted by molar-refractivity contribution is -0.119. The summed E-state index contributed by atoms with van der Waals surface area (Å²) in [5.41, 5.74) is 0.897. The van der Waals surface area contributed by atoms with Gasteiger partial charge in [-0.15, -0.1) is 0 Å². The number of fused-ring (bicyclic) bond motifs is 1. The summed E-state index contributed by atoms with van der Waals surface area (Å²) in [7, 11) is -2.39. The van der Waals surface area contributed by atoms with Crippen molar-refractivity contribution in [1.29, 1.82) is 0 Å². The Kier molecular flexibility index (Phi) is 7.06. The van der Waals surface area contributed by atoms with Gasteiger partial charge in [-0.1, -0.05) is 6.07 Å². The van der Waals surface area contributed by atoms with Crippen molar-refractivity contribution in [3.8, 4) is 17.2 Å². The van der Waals surface area contributed by atoms with E-state index in [0.29, 0.717) is 36.1 Å². The van der Waals surface area contributed by atoms with Gasteiger partial charge < -0.3 is 24.3 Å². The molecular weight excluding hydrogens is 476 g/mol. The SMILES string of the molecule is COc1cccc(NC(=O)COC(=O)c2ccc(NS(=O)(=O)c3ccc4c(c3)OCCO4)cc2)c1. The number of nitrogens with one attached hydrogen (secondary N) is 2. The largest absolute Gasteiger partial charge is 0.497 e. The number of anilines is 2. The van der Waals surface area contributed by atoms with Gasteiger partial charge in [0, 0.05) is 23.5 Å². The van der Waals surface area contributed by atoms with Crippen LogP contribution in [0.4, 0.5) is 11.4 Å². The summed E-state index contributed by atoms with van der Waals surface area (Å²) in [4.78, 5) is 24.3. The van der Waals surface area contributed by atoms with E-state index in [1.54, 1.807) is 24.3 Å². The second-order valence-electron chi connectivity index (χ2n) is 7.34. The van der Waals surface area contributed by atoms with Crippen LogP contribution >= 0.6 is 0 Å². The summed E-state index contributed by atoms with van der Waals surface area (Å²) in [5, 5.41) is 2.60. The number of ether oxygens (including phenoxy) is 4. The highest BCUT2D eigenvalue weighted by atomic mass is 32.2. The standard InChI is InChI=1S/C24H22N2O8S/c1-31-19-4-2-3-18(13-19)25-23(27)15-34-24(28)16-5-7-17(8-6-16)26-35(29,30)20-9-10-21-22(14-20)33-12-11-32-21/h2-10,13-14,26H,11-12,15H2,1H3,(H,25,27). The van der Waals surface area contributed by atoms with Crippen molar-refractivity contribution >= 4 is 33.3 Å². The van der Waals surface area contributed by atoms with Crippen molar-refractivity contribution in [2.45, 2.75) is 4.90 Å². The number of benzene rings is 3. The molecule has 0 saturated carbocycles. The Labute approximate surface area is 201 Å². The third-order valence-corrected chi connectivity index (χ3v) is 6.26. The molecule has 0 atom stereocenters. The fourth-order valence-corrected chi connectivity index (χ4v) is 4.27. The molecule has 3 aromatic carbocycles. The number of carbonyl (C=O) groups excluding carboxylic acids is 2. The highest BCUT2D eigenvalue weighted by Gasteiger charge is 2.20. The van der Waals surface area contributed by atoms with E-state index in [4.69, 9.17) is 18.9 Å². The minimum atomic E-state index is -3.90. The van der Waals surface area contributed by atoms with E-state index in [2.05, 4.69) is 10.0 Å². The van der Waals surface area contributed by atoms with E-state index in [1.807, 2.05) is 0 Å². The maximum absolute atomic E-state index is 12.7. The number of sulfonamides is 1. The second kappa shape index (κ2) is 10.3. The lowest BCUT2D eigenvalue weighted by Gasteiger charge is -2.19. The lowest BCUT2D eigenvalue weighted by atomic mass is 10.2. The Morgan fingerprint density at radius 1 is 0.914 bits per heavy atom. The Morgan fingerprint density at radius 3 is 2.40 bits per heavy atom. The summed E-state index contributed by atoms with van der Waals surface area (Å²) in [6.07, 6.45) is 0. The first-order chi connectivity index (χ1) is 16.8. The first-order valence-electron chi connectivity index (χ1n) is 10.5. The van der Waals surface area contributed by atoms with Gasteiger partial charge in [-0.3, -0.25) is 9.52 Å². The van der Waals surface area contributed by atoms with Crippen LogP contribution in [0.3, 0.4) is 0 Å². The minimum absolute atomic E-state index is 0.00675. The van der Waals surface area contributed by atoms with E-state index in [9.17, 15) is 18.0 Å². The Balaban J connectivity index is 1.33. The van der Waals surface area contributed by atoms with E-state index >= 15 is 0 Å². The van der Waals surface area contributed by atoms with Gasteiger partial charge in [-0.25, -0.2) is 13.2 Å². The summed E-state index contributed by atoms with van der Waals surface area (Å²) in [6.45, 7) is 0.248. The zero-order valence-corrected chi connectivity index (χ0v) is 19.5. The van der Waals surface area contributed by atoms with Gasteiger partial charge in [0.1, 0.15) is 19.0 Å². The van der Waals surface area contributed by atoms with Crippen LogP contribution in [0, 0.1) is 0 Å². The van der Waals surface area contributed by atoms with Crippen molar-refractivity contribution in [1.82, 2.24) is 0 Å². The minimum Gasteiger partial charge on any atom is -0.497 e. The third kappa shape index (κ3) is 6.01. The predicted molar refractivity (Wildman–Crippen MR) is 127 cm³/mol. The molecule has 10 nitrogen and oxygen atoms in total. The van der Waals surface area contributed by atoms with Crippen molar-refractivity contribution in [3.05, 3.63) is 72.3 Å². The molecule has 0 bridgehead atoms. The molecule has 0 fully saturated rings. The number of carbonyl (C=O) groups is 2. The van der Waals surface area contributed by atoms with Crippen molar-refractivity contribution in [2.24, 2.45) is 0 Å². The smallest absolute Gasteiger partial charge is 0.338 e. The van der Waals surface area contributed by atoms with Gasteiger partial charge in [0.15, 0.2) is 18.1 Å². The zero-order valence-electron chi connectivity index (χ0n) is 18.6. The van der Waals surface area contributed by atoms with Gasteiger partial charge in [-0.05, 0) is 48.5 Å². The summed E-state index contributed by atoms with van der Waals surface area (Å²) >= 11 is 0. The summed E-state index contributed by atoms with van der Waals surface area (Å²) in [5.74, 6) is 0.162. The lowest BCUT2D eigenvalue weighted by Crippen LogP contribution is -2.21. The van der Waals surface area contributed by atoms with E-state index < -0.39 is 28.5 Å². The molecule has 11 heteroatoms. The Morgan fingerprint density at radius 2 is 1.66 bits per heavy atom. The number of methoxy groups -OCH3 is 1. The molecule has 35 heavy (non-hydrogen) atoms. The molecule has 4 rings (SSSR count). The summed E-state index contributed by atoms with van der Waals surface area (Å²) < 4.78 is 48.9. The molecular formula is C24H22N2O8S. The molecule has 0 saturated heterocycles. The molecule has 182 valence electrons. The highest BCUT2D eigenvalue weighted by molar-refractivity contribution is 7.92. The maximum Gasteiger partial charge on any atom is 0.338 e. The maximum atomic E-state index is 12.7. The fraction of sp³-hybridized carbons (Fsp3) is 0.167. The van der Waals surface area contributed by atoms with Gasteiger partial charge >= 0.3 is 5.97 Å². The molecule has 3 aromatic rings. The Bertz CT molecular complexity index is 1340. The molecule has 1 heterocycles. The van der Waals surface area contributed by atoms with E-state index in [1.165, 1.54) is 49.6 Å². The molecule has 0 radical (unpaired) electrons. The highest BCUT2D eigenvalue weighted by Crippen LogP contribution is 2.32. The molecule has 0 aromatic heterocycles. The summed E-state index contributed by atoms with van der Waals surface area (Å²) in [6, 6.07) is 16.7. The van der Waals surface area contributed by atoms with Crippen LogP contribution in [0.5, 0.6) is 17.2 Å². The molecule has 1 aliphatic heterocycles. The normalized spacial score (nSPS) is 12.4. The molecule has 2 N–H and O–H groups in total. The van der Waals surface area contributed by atoms with E-state index in [0.717, 1.165) is 0 Å². The van der Waals surface area contributed by atoms with Crippen LogP contribution < -0.4 is 24.2 Å². The molecule has 1 amide bonds. The predicted octanol–water partition coefficient (Wildman–Crippen LogP) is 3.06.